The van der Waals surface area contributed by atoms with E-state index < -0.39 is 17.1 Å². The van der Waals surface area contributed by atoms with Gasteiger partial charge in [0.1, 0.15) is 0 Å². The number of nitro groups is 1. The number of hydrogen-bond donors (Lipinski definition) is 1. The third-order valence-corrected chi connectivity index (χ3v) is 2.63. The van der Waals surface area contributed by atoms with Gasteiger partial charge in [0.15, 0.2) is 0 Å². The van der Waals surface area contributed by atoms with Crippen LogP contribution in [0, 0.1) is 10.1 Å². The highest BCUT2D eigenvalue weighted by molar-refractivity contribution is 5.45. The smallest absolute Gasteiger partial charge is 0.269 e. The van der Waals surface area contributed by atoms with Crippen LogP contribution in [0.15, 0.2) is 23.3 Å². The van der Waals surface area contributed by atoms with E-state index in [0.29, 0.717) is 12.0 Å². The Morgan fingerprint density at radius 2 is 2.38 bits per heavy atom. The molecule has 2 atom stereocenters. The molecule has 0 amide bonds. The quantitative estimate of drug-likeness (QED) is 0.270. The molecule has 0 spiro atoms. The van der Waals surface area contributed by atoms with Crippen LogP contribution >= 0.6 is 0 Å². The monoisotopic (exact) mass is 220 g/mol. The summed E-state index contributed by atoms with van der Waals surface area (Å²) in [6.45, 7) is 0. The highest BCUT2D eigenvalue weighted by Gasteiger charge is 2.31. The lowest BCUT2D eigenvalue weighted by atomic mass is 10.1. The summed E-state index contributed by atoms with van der Waals surface area (Å²) in [6, 6.07) is 3.60. The van der Waals surface area contributed by atoms with Crippen molar-refractivity contribution >= 4 is 5.69 Å². The number of nitro benzene ring substituents is 1. The Hall–Kier alpha value is -2.11. The van der Waals surface area contributed by atoms with Gasteiger partial charge < -0.3 is 5.11 Å². The normalized spacial score (nSPS) is 22.3. The summed E-state index contributed by atoms with van der Waals surface area (Å²) in [5, 5.41) is 23.7. The zero-order chi connectivity index (χ0) is 11.7. The van der Waals surface area contributed by atoms with Crippen molar-refractivity contribution in [3.63, 3.8) is 0 Å². The van der Waals surface area contributed by atoms with Crippen LogP contribution in [0.25, 0.3) is 10.4 Å². The largest absolute Gasteiger partial charge is 0.392 e. The lowest BCUT2D eigenvalue weighted by molar-refractivity contribution is -0.384. The predicted molar refractivity (Wildman–Crippen MR) is 54.7 cm³/mol. The molecule has 0 aromatic heterocycles. The van der Waals surface area contributed by atoms with Crippen molar-refractivity contribution in [2.24, 2.45) is 5.11 Å². The van der Waals surface area contributed by atoms with Crippen LogP contribution in [0.5, 0.6) is 0 Å². The number of fused-ring (bicyclic) bond motifs is 1. The van der Waals surface area contributed by atoms with E-state index in [1.54, 1.807) is 6.07 Å². The van der Waals surface area contributed by atoms with Crippen molar-refractivity contribution in [2.45, 2.75) is 18.6 Å². The van der Waals surface area contributed by atoms with Crippen molar-refractivity contribution in [2.75, 3.05) is 0 Å². The van der Waals surface area contributed by atoms with Gasteiger partial charge in [-0.25, -0.2) is 0 Å². The molecule has 0 saturated carbocycles. The van der Waals surface area contributed by atoms with Gasteiger partial charge in [-0.15, -0.1) is 0 Å². The molecule has 1 aromatic carbocycles. The number of benzene rings is 1. The molecule has 16 heavy (non-hydrogen) atoms. The Labute approximate surface area is 90.1 Å². The van der Waals surface area contributed by atoms with E-state index in [4.69, 9.17) is 5.53 Å². The number of aliphatic hydroxyl groups excluding tert-OH is 1. The molecule has 0 unspecified atom stereocenters. The van der Waals surface area contributed by atoms with Gasteiger partial charge in [-0.2, -0.15) is 0 Å². The van der Waals surface area contributed by atoms with Gasteiger partial charge in [-0.05, 0) is 23.1 Å². The highest BCUT2D eigenvalue weighted by Crippen LogP contribution is 2.36. The Morgan fingerprint density at radius 1 is 1.62 bits per heavy atom. The predicted octanol–water partition coefficient (Wildman–Crippen LogP) is 1.86. The fourth-order valence-electron chi connectivity index (χ4n) is 1.90. The molecule has 0 fully saturated rings. The molecule has 7 heteroatoms. The van der Waals surface area contributed by atoms with E-state index in [2.05, 4.69) is 10.0 Å². The molecule has 82 valence electrons. The summed E-state index contributed by atoms with van der Waals surface area (Å²) < 4.78 is 0. The average Bonchev–Trinajstić information content (AvgIpc) is 2.55. The minimum Gasteiger partial charge on any atom is -0.392 e. The molecular formula is C9H8N4O3. The first-order chi connectivity index (χ1) is 7.63. The molecule has 0 saturated heterocycles. The van der Waals surface area contributed by atoms with Crippen LogP contribution in [0.3, 0.4) is 0 Å². The standard InChI is InChI=1S/C9H8N4O3/c10-12-11-9-7-4-6(13(15)16)2-1-5(7)3-8(9)14/h1-2,4,8-9,14H,3H2/t8-,9-/m1/s1. The van der Waals surface area contributed by atoms with Gasteiger partial charge in [0.05, 0.1) is 17.1 Å². The van der Waals surface area contributed by atoms with E-state index >= 15 is 0 Å². The van der Waals surface area contributed by atoms with Crippen LogP contribution < -0.4 is 0 Å². The maximum atomic E-state index is 10.6. The topological polar surface area (TPSA) is 112 Å². The van der Waals surface area contributed by atoms with Crippen LogP contribution in [0.4, 0.5) is 5.69 Å². The lowest BCUT2D eigenvalue weighted by Gasteiger charge is -2.07. The number of nitrogens with zero attached hydrogens (tertiary/aromatic N) is 4. The molecule has 7 nitrogen and oxygen atoms in total. The van der Waals surface area contributed by atoms with Crippen LogP contribution in [0.1, 0.15) is 17.2 Å². The van der Waals surface area contributed by atoms with Gasteiger partial charge >= 0.3 is 0 Å². The Balaban J connectivity index is 2.49. The highest BCUT2D eigenvalue weighted by atomic mass is 16.6. The molecule has 0 heterocycles. The van der Waals surface area contributed by atoms with E-state index in [9.17, 15) is 15.2 Å². The first-order valence-corrected chi connectivity index (χ1v) is 4.63. The minimum absolute atomic E-state index is 0.0639. The zero-order valence-corrected chi connectivity index (χ0v) is 8.15. The fourth-order valence-corrected chi connectivity index (χ4v) is 1.90. The minimum atomic E-state index is -0.798. The second kappa shape index (κ2) is 3.80. The summed E-state index contributed by atoms with van der Waals surface area (Å²) >= 11 is 0. The van der Waals surface area contributed by atoms with E-state index in [-0.39, 0.29) is 5.69 Å². The van der Waals surface area contributed by atoms with Crippen molar-refractivity contribution in [1.29, 1.82) is 0 Å². The summed E-state index contributed by atoms with van der Waals surface area (Å²) in [4.78, 5) is 12.7. The zero-order valence-electron chi connectivity index (χ0n) is 8.15. The van der Waals surface area contributed by atoms with Crippen molar-refractivity contribution in [1.82, 2.24) is 0 Å². The first-order valence-electron chi connectivity index (χ1n) is 4.63. The summed E-state index contributed by atoms with van der Waals surface area (Å²) in [7, 11) is 0. The van der Waals surface area contributed by atoms with Crippen molar-refractivity contribution in [3.8, 4) is 0 Å². The third kappa shape index (κ3) is 1.58. The van der Waals surface area contributed by atoms with Crippen LogP contribution in [-0.4, -0.2) is 16.1 Å². The summed E-state index contributed by atoms with van der Waals surface area (Å²) in [5.41, 5.74) is 9.63. The number of rotatable bonds is 2. The number of hydrogen-bond acceptors (Lipinski definition) is 4. The van der Waals surface area contributed by atoms with E-state index in [1.807, 2.05) is 0 Å². The second-order valence-electron chi connectivity index (χ2n) is 3.56. The maximum absolute atomic E-state index is 10.6. The van der Waals surface area contributed by atoms with E-state index in [0.717, 1.165) is 5.56 Å². The average molecular weight is 220 g/mol. The molecule has 0 aliphatic heterocycles. The van der Waals surface area contributed by atoms with Gasteiger partial charge in [-0.3, -0.25) is 10.1 Å². The van der Waals surface area contributed by atoms with Crippen LogP contribution in [-0.2, 0) is 6.42 Å². The third-order valence-electron chi connectivity index (χ3n) is 2.63. The van der Waals surface area contributed by atoms with Crippen molar-refractivity contribution in [3.05, 3.63) is 49.9 Å². The molecule has 1 aromatic rings. The maximum Gasteiger partial charge on any atom is 0.269 e. The molecule has 0 radical (unpaired) electrons. The molecule has 1 aliphatic rings. The lowest BCUT2D eigenvalue weighted by Crippen LogP contribution is -2.10. The molecule has 1 aliphatic carbocycles. The molecule has 0 bridgehead atoms. The van der Waals surface area contributed by atoms with Gasteiger partial charge in [0, 0.05) is 17.0 Å². The van der Waals surface area contributed by atoms with E-state index in [1.165, 1.54) is 12.1 Å². The number of non-ortho nitro benzene ring substituents is 1. The molecule has 1 N–H and O–H groups in total. The Kier molecular flexibility index (Phi) is 2.47. The van der Waals surface area contributed by atoms with Crippen LogP contribution in [0.2, 0.25) is 0 Å². The fraction of sp³-hybridized carbons (Fsp3) is 0.333. The van der Waals surface area contributed by atoms with Gasteiger partial charge in [-0.1, -0.05) is 11.2 Å². The summed E-state index contributed by atoms with van der Waals surface area (Å²) in [5.74, 6) is 0. The summed E-state index contributed by atoms with van der Waals surface area (Å²) in [6.07, 6.45) is -0.440. The Morgan fingerprint density at radius 3 is 3.00 bits per heavy atom. The molecular weight excluding hydrogens is 212 g/mol. The number of aliphatic hydroxyl groups is 1. The molecule has 2 rings (SSSR count). The SMILES string of the molecule is [N-]=[N+]=N[C@@H]1c2cc([N+](=O)[O-])ccc2C[C@H]1O. The second-order valence-corrected chi connectivity index (χ2v) is 3.56. The van der Waals surface area contributed by atoms with Gasteiger partial charge in [0.2, 0.25) is 0 Å². The van der Waals surface area contributed by atoms with Gasteiger partial charge in [0.25, 0.3) is 5.69 Å². The van der Waals surface area contributed by atoms with Crippen molar-refractivity contribution < 1.29 is 10.0 Å². The number of azide groups is 1. The first kappa shape index (κ1) is 10.4. The Bertz CT molecular complexity index is 496.